The molecule has 1 fully saturated rings. The molecule has 0 N–H and O–H groups in total. The van der Waals surface area contributed by atoms with Gasteiger partial charge in [-0.15, -0.1) is 0 Å². The van der Waals surface area contributed by atoms with Gasteiger partial charge in [-0.3, -0.25) is 4.90 Å². The van der Waals surface area contributed by atoms with Crippen molar-refractivity contribution < 1.29 is 22.6 Å². The molecule has 0 unspecified atom stereocenters. The summed E-state index contributed by atoms with van der Waals surface area (Å²) in [6, 6.07) is 18.6. The number of hydrogen-bond acceptors (Lipinski definition) is 6. The van der Waals surface area contributed by atoms with Crippen molar-refractivity contribution >= 4 is 20.8 Å². The van der Waals surface area contributed by atoms with Crippen LogP contribution >= 0.6 is 0 Å². The molecule has 3 aromatic rings. The number of methoxy groups -OCH3 is 2. The van der Waals surface area contributed by atoms with Crippen molar-refractivity contribution in [3.8, 4) is 11.5 Å². The average molecular weight is 485 g/mol. The van der Waals surface area contributed by atoms with E-state index < -0.39 is 10.0 Å². The molecule has 182 valence electrons. The molecule has 8 heteroatoms. The van der Waals surface area contributed by atoms with Gasteiger partial charge in [-0.2, -0.15) is 4.31 Å². The minimum atomic E-state index is -3.71. The van der Waals surface area contributed by atoms with Crippen LogP contribution in [0.2, 0.25) is 0 Å². The Hall–Kier alpha value is -2.65. The first-order chi connectivity index (χ1) is 16.5. The summed E-state index contributed by atoms with van der Waals surface area (Å²) in [6.45, 7) is 4.72. The van der Waals surface area contributed by atoms with Crippen LogP contribution in [-0.2, 0) is 21.3 Å². The number of hydrogen-bond donors (Lipinski definition) is 0. The van der Waals surface area contributed by atoms with Crippen LogP contribution in [0.5, 0.6) is 11.5 Å². The fourth-order valence-electron chi connectivity index (χ4n) is 4.24. The molecular weight excluding hydrogens is 452 g/mol. The van der Waals surface area contributed by atoms with Gasteiger partial charge in [0, 0.05) is 26.2 Å². The molecule has 3 aromatic carbocycles. The van der Waals surface area contributed by atoms with E-state index in [9.17, 15) is 8.42 Å². The van der Waals surface area contributed by atoms with E-state index in [4.69, 9.17) is 14.2 Å². The van der Waals surface area contributed by atoms with Crippen molar-refractivity contribution in [1.29, 1.82) is 0 Å². The van der Waals surface area contributed by atoms with Crippen molar-refractivity contribution in [3.63, 3.8) is 0 Å². The highest BCUT2D eigenvalue weighted by Gasteiger charge is 2.25. The third-order valence-corrected chi connectivity index (χ3v) is 7.99. The number of rotatable bonds is 10. The molecule has 0 amide bonds. The fourth-order valence-corrected chi connectivity index (χ4v) is 5.74. The smallest absolute Gasteiger partial charge is 0.243 e. The standard InChI is InChI=1S/C26H32N2O5S/c1-31-25-11-8-21(18-26(25)32-2)20-28(13-5-12-27-14-16-33-17-15-27)34(29,30)24-10-9-22-6-3-4-7-23(22)19-24/h3-4,6-11,18-19H,5,12-17,20H2,1-2H3. The van der Waals surface area contributed by atoms with Crippen LogP contribution in [0.25, 0.3) is 10.8 Å². The lowest BCUT2D eigenvalue weighted by Crippen LogP contribution is -2.39. The van der Waals surface area contributed by atoms with E-state index >= 15 is 0 Å². The highest BCUT2D eigenvalue weighted by atomic mass is 32.2. The Morgan fingerprint density at radius 2 is 1.65 bits per heavy atom. The molecule has 0 bridgehead atoms. The lowest BCUT2D eigenvalue weighted by Gasteiger charge is -2.28. The van der Waals surface area contributed by atoms with Crippen LogP contribution in [0.4, 0.5) is 0 Å². The molecule has 7 nitrogen and oxygen atoms in total. The van der Waals surface area contributed by atoms with Gasteiger partial charge in [-0.05, 0) is 53.6 Å². The number of nitrogens with zero attached hydrogens (tertiary/aromatic N) is 2. The van der Waals surface area contributed by atoms with Crippen molar-refractivity contribution in [2.75, 3.05) is 53.6 Å². The van der Waals surface area contributed by atoms with Crippen molar-refractivity contribution in [2.45, 2.75) is 17.9 Å². The van der Waals surface area contributed by atoms with Crippen LogP contribution < -0.4 is 9.47 Å². The van der Waals surface area contributed by atoms with Gasteiger partial charge < -0.3 is 14.2 Å². The molecule has 1 aliphatic rings. The van der Waals surface area contributed by atoms with Gasteiger partial charge >= 0.3 is 0 Å². The number of ether oxygens (including phenoxy) is 3. The lowest BCUT2D eigenvalue weighted by atomic mass is 10.1. The summed E-state index contributed by atoms with van der Waals surface area (Å²) in [5.41, 5.74) is 0.841. The minimum absolute atomic E-state index is 0.249. The quantitative estimate of drug-likeness (QED) is 0.436. The zero-order valence-electron chi connectivity index (χ0n) is 19.8. The molecule has 0 aliphatic carbocycles. The summed E-state index contributed by atoms with van der Waals surface area (Å²) in [4.78, 5) is 2.62. The van der Waals surface area contributed by atoms with E-state index in [-0.39, 0.29) is 6.54 Å². The van der Waals surface area contributed by atoms with Crippen LogP contribution in [0.3, 0.4) is 0 Å². The molecule has 0 spiro atoms. The van der Waals surface area contributed by atoms with Gasteiger partial charge in [0.15, 0.2) is 11.5 Å². The van der Waals surface area contributed by atoms with Gasteiger partial charge in [0.2, 0.25) is 10.0 Å². The molecule has 1 aliphatic heterocycles. The Balaban J connectivity index is 1.59. The van der Waals surface area contributed by atoms with Gasteiger partial charge in [-0.1, -0.05) is 36.4 Å². The highest BCUT2D eigenvalue weighted by Crippen LogP contribution is 2.29. The molecule has 4 rings (SSSR count). The van der Waals surface area contributed by atoms with Crippen LogP contribution in [0, 0.1) is 0 Å². The molecule has 0 atom stereocenters. The van der Waals surface area contributed by atoms with Crippen LogP contribution in [0.1, 0.15) is 12.0 Å². The average Bonchev–Trinajstić information content (AvgIpc) is 2.88. The maximum Gasteiger partial charge on any atom is 0.243 e. The summed E-state index contributed by atoms with van der Waals surface area (Å²) in [5.74, 6) is 1.19. The Kier molecular flexibility index (Phi) is 8.05. The summed E-state index contributed by atoms with van der Waals surface area (Å²) < 4.78 is 45.3. The maximum atomic E-state index is 13.8. The Labute approximate surface area is 201 Å². The summed E-state index contributed by atoms with van der Waals surface area (Å²) in [6.07, 6.45) is 0.736. The van der Waals surface area contributed by atoms with E-state index in [0.717, 1.165) is 55.6 Å². The predicted molar refractivity (Wildman–Crippen MR) is 133 cm³/mol. The largest absolute Gasteiger partial charge is 0.493 e. The molecule has 0 aromatic heterocycles. The van der Waals surface area contributed by atoms with Gasteiger partial charge in [0.25, 0.3) is 0 Å². The highest BCUT2D eigenvalue weighted by molar-refractivity contribution is 7.89. The monoisotopic (exact) mass is 484 g/mol. The summed E-state index contributed by atoms with van der Waals surface area (Å²) >= 11 is 0. The topological polar surface area (TPSA) is 68.3 Å². The maximum absolute atomic E-state index is 13.8. The molecule has 0 saturated carbocycles. The molecule has 1 heterocycles. The van der Waals surface area contributed by atoms with Gasteiger partial charge in [0.05, 0.1) is 32.3 Å². The Bertz CT molecular complexity index is 1210. The number of sulfonamides is 1. The minimum Gasteiger partial charge on any atom is -0.493 e. The first-order valence-electron chi connectivity index (χ1n) is 11.5. The normalized spacial score (nSPS) is 15.0. The first kappa shape index (κ1) is 24.5. The summed E-state index contributed by atoms with van der Waals surface area (Å²) in [5, 5.41) is 1.92. The second-order valence-electron chi connectivity index (χ2n) is 8.34. The summed E-state index contributed by atoms with van der Waals surface area (Å²) in [7, 11) is -0.551. The Morgan fingerprint density at radius 1 is 0.912 bits per heavy atom. The SMILES string of the molecule is COc1ccc(CN(CCCN2CCOCC2)S(=O)(=O)c2ccc3ccccc3c2)cc1OC. The van der Waals surface area contributed by atoms with E-state index in [1.54, 1.807) is 30.7 Å². The van der Waals surface area contributed by atoms with Gasteiger partial charge in [0.1, 0.15) is 0 Å². The van der Waals surface area contributed by atoms with E-state index in [2.05, 4.69) is 4.90 Å². The number of fused-ring (bicyclic) bond motifs is 1. The zero-order chi connectivity index (χ0) is 24.0. The number of morpholine rings is 1. The molecule has 34 heavy (non-hydrogen) atoms. The van der Waals surface area contributed by atoms with Crippen LogP contribution in [-0.4, -0.2) is 71.2 Å². The molecule has 1 saturated heterocycles. The third kappa shape index (κ3) is 5.70. The number of benzene rings is 3. The fraction of sp³-hybridized carbons (Fsp3) is 0.385. The van der Waals surface area contributed by atoms with Gasteiger partial charge in [-0.25, -0.2) is 8.42 Å². The second-order valence-corrected chi connectivity index (χ2v) is 10.3. The van der Waals surface area contributed by atoms with Crippen LogP contribution in [0.15, 0.2) is 65.6 Å². The Morgan fingerprint density at radius 3 is 2.38 bits per heavy atom. The predicted octanol–water partition coefficient (Wildman–Crippen LogP) is 3.77. The molecular formula is C26H32N2O5S. The van der Waals surface area contributed by atoms with Crippen molar-refractivity contribution in [2.24, 2.45) is 0 Å². The lowest BCUT2D eigenvalue weighted by molar-refractivity contribution is 0.0368. The first-order valence-corrected chi connectivity index (χ1v) is 13.0. The van der Waals surface area contributed by atoms with Crippen molar-refractivity contribution in [1.82, 2.24) is 9.21 Å². The van der Waals surface area contributed by atoms with E-state index in [0.29, 0.717) is 22.9 Å². The zero-order valence-corrected chi connectivity index (χ0v) is 20.6. The molecule has 0 radical (unpaired) electrons. The van der Waals surface area contributed by atoms with E-state index in [1.807, 2.05) is 48.5 Å². The van der Waals surface area contributed by atoms with E-state index in [1.165, 1.54) is 0 Å². The van der Waals surface area contributed by atoms with Crippen molar-refractivity contribution in [3.05, 3.63) is 66.2 Å². The third-order valence-electron chi connectivity index (χ3n) is 6.15. The second kappa shape index (κ2) is 11.2.